The van der Waals surface area contributed by atoms with Crippen molar-refractivity contribution in [3.8, 4) is 22.3 Å². The summed E-state index contributed by atoms with van der Waals surface area (Å²) in [5, 5.41) is 21.3. The Hall–Kier alpha value is -6.01. The van der Waals surface area contributed by atoms with E-state index in [1.165, 1.54) is 16.7 Å². The average Bonchev–Trinajstić information content (AvgIpc) is 3.18. The van der Waals surface area contributed by atoms with Crippen molar-refractivity contribution >= 4 is 53.9 Å². The molecule has 0 bridgehead atoms. The van der Waals surface area contributed by atoms with Crippen LogP contribution in [0.15, 0.2) is 170 Å². The molecule has 266 valence electrons. The first-order valence-electron chi connectivity index (χ1n) is 18.5. The van der Waals surface area contributed by atoms with Gasteiger partial charge in [0, 0.05) is 39.8 Å². The highest BCUT2D eigenvalue weighted by Gasteiger charge is 2.21. The molecule has 0 spiro atoms. The molecule has 5 nitrogen and oxygen atoms in total. The van der Waals surface area contributed by atoms with Gasteiger partial charge in [0.05, 0.1) is 0 Å². The van der Waals surface area contributed by atoms with Crippen molar-refractivity contribution in [2.75, 3.05) is 14.5 Å². The fraction of sp³-hybridized carbons (Fsp3) is 0.106. The summed E-state index contributed by atoms with van der Waals surface area (Å²) in [6, 6.07) is 59.1. The van der Waals surface area contributed by atoms with Crippen molar-refractivity contribution in [3.63, 3.8) is 0 Å². The van der Waals surface area contributed by atoms with Gasteiger partial charge in [0.25, 0.3) is 0 Å². The molecule has 7 heteroatoms. The van der Waals surface area contributed by atoms with Crippen LogP contribution in [0.25, 0.3) is 22.3 Å². The maximum absolute atomic E-state index is 10.6. The van der Waals surface area contributed by atoms with Crippen molar-refractivity contribution < 1.29 is 10.0 Å². The number of benzene rings is 7. The van der Waals surface area contributed by atoms with E-state index in [4.69, 9.17) is 0 Å². The van der Waals surface area contributed by atoms with Gasteiger partial charge < -0.3 is 24.6 Å². The van der Waals surface area contributed by atoms with Gasteiger partial charge in [0.1, 0.15) is 0 Å². The van der Waals surface area contributed by atoms with Crippen molar-refractivity contribution in [2.24, 2.45) is 0 Å². The molecule has 0 aromatic heterocycles. The van der Waals surface area contributed by atoms with Crippen molar-refractivity contribution in [2.45, 2.75) is 34.4 Å². The Morgan fingerprint density at radius 1 is 0.296 bits per heavy atom. The Morgan fingerprint density at radius 2 is 0.481 bits per heavy atom. The van der Waals surface area contributed by atoms with E-state index in [1.807, 2.05) is 33.9 Å². The molecule has 7 aromatic carbocycles. The standard InChI is InChI=1S/C47H45B2N3O2/c1-34-6-20-41(21-7-34)50(42-26-12-37(13-27-42)39-16-30-46(31-17-39)51(48(4)53)44-22-8-35(2)9-23-44)43-28-14-38(15-29-43)40-18-32-47(33-19-40)52(49(5)54)45-24-10-36(3)11-25-45/h6-33,53-54H,1-5H3. The van der Waals surface area contributed by atoms with Gasteiger partial charge in [-0.05, 0) is 142 Å². The molecule has 0 atom stereocenters. The summed E-state index contributed by atoms with van der Waals surface area (Å²) >= 11 is 0. The second-order valence-corrected chi connectivity index (χ2v) is 14.0. The molecule has 7 rings (SSSR count). The van der Waals surface area contributed by atoms with Crippen LogP contribution < -0.4 is 14.5 Å². The number of rotatable bonds is 11. The minimum atomic E-state index is -0.670. The third-order valence-corrected chi connectivity index (χ3v) is 9.87. The van der Waals surface area contributed by atoms with Crippen LogP contribution in [-0.2, 0) is 0 Å². The van der Waals surface area contributed by atoms with Gasteiger partial charge in [-0.3, -0.25) is 0 Å². The van der Waals surface area contributed by atoms with E-state index in [-0.39, 0.29) is 0 Å². The van der Waals surface area contributed by atoms with E-state index >= 15 is 0 Å². The van der Waals surface area contributed by atoms with Crippen LogP contribution in [0.2, 0.25) is 13.6 Å². The third kappa shape index (κ3) is 7.98. The monoisotopic (exact) mass is 705 g/mol. The van der Waals surface area contributed by atoms with Gasteiger partial charge in [0.2, 0.25) is 0 Å². The molecule has 0 aliphatic rings. The number of aryl methyl sites for hydroxylation is 3. The number of nitrogens with zero attached hydrogens (tertiary/aromatic N) is 3. The van der Waals surface area contributed by atoms with E-state index in [1.54, 1.807) is 13.6 Å². The lowest BCUT2D eigenvalue weighted by molar-refractivity contribution is 0.577. The molecule has 0 radical (unpaired) electrons. The molecule has 0 saturated carbocycles. The second-order valence-electron chi connectivity index (χ2n) is 14.0. The maximum Gasteiger partial charge on any atom is 0.414 e. The molecule has 2 N–H and O–H groups in total. The van der Waals surface area contributed by atoms with Crippen molar-refractivity contribution in [3.05, 3.63) is 187 Å². The molecule has 54 heavy (non-hydrogen) atoms. The Bertz CT molecular complexity index is 2130. The van der Waals surface area contributed by atoms with Crippen LogP contribution in [0.4, 0.5) is 39.8 Å². The van der Waals surface area contributed by atoms with Crippen LogP contribution >= 0.6 is 0 Å². The van der Waals surface area contributed by atoms with E-state index in [9.17, 15) is 10.0 Å². The van der Waals surface area contributed by atoms with Crippen LogP contribution in [-0.4, -0.2) is 24.1 Å². The Labute approximate surface area is 320 Å². The van der Waals surface area contributed by atoms with Crippen LogP contribution in [0.5, 0.6) is 0 Å². The summed E-state index contributed by atoms with van der Waals surface area (Å²) in [7, 11) is -1.34. The van der Waals surface area contributed by atoms with Crippen LogP contribution in [0.3, 0.4) is 0 Å². The maximum atomic E-state index is 10.6. The highest BCUT2D eigenvalue weighted by atomic mass is 16.2. The first-order valence-corrected chi connectivity index (χ1v) is 18.5. The molecule has 0 unspecified atom stereocenters. The zero-order valence-electron chi connectivity index (χ0n) is 31.6. The van der Waals surface area contributed by atoms with Crippen LogP contribution in [0, 0.1) is 20.8 Å². The summed E-state index contributed by atoms with van der Waals surface area (Å²) in [6.45, 7) is 9.81. The van der Waals surface area contributed by atoms with Crippen LogP contribution in [0.1, 0.15) is 16.7 Å². The predicted octanol–water partition coefficient (Wildman–Crippen LogP) is 11.9. The number of anilines is 7. The lowest BCUT2D eigenvalue weighted by Gasteiger charge is -2.27. The van der Waals surface area contributed by atoms with Crippen molar-refractivity contribution in [1.29, 1.82) is 0 Å². The van der Waals surface area contributed by atoms with E-state index < -0.39 is 14.1 Å². The summed E-state index contributed by atoms with van der Waals surface area (Å²) in [5.74, 6) is 0. The topological polar surface area (TPSA) is 50.2 Å². The Kier molecular flexibility index (Phi) is 10.7. The Balaban J connectivity index is 1.13. The molecule has 0 heterocycles. The largest absolute Gasteiger partial charge is 0.432 e. The summed E-state index contributed by atoms with van der Waals surface area (Å²) in [6.07, 6.45) is 0. The first kappa shape index (κ1) is 36.4. The van der Waals surface area contributed by atoms with E-state index in [0.717, 1.165) is 62.1 Å². The lowest BCUT2D eigenvalue weighted by Crippen LogP contribution is -2.32. The predicted molar refractivity (Wildman–Crippen MR) is 231 cm³/mol. The first-order chi connectivity index (χ1) is 26.1. The molecule has 0 aliphatic carbocycles. The quantitative estimate of drug-likeness (QED) is 0.131. The van der Waals surface area contributed by atoms with E-state index in [2.05, 4.69) is 171 Å². The zero-order valence-corrected chi connectivity index (χ0v) is 31.6. The Morgan fingerprint density at radius 3 is 0.704 bits per heavy atom. The van der Waals surface area contributed by atoms with Gasteiger partial charge in [-0.15, -0.1) is 0 Å². The fourth-order valence-corrected chi connectivity index (χ4v) is 6.95. The van der Waals surface area contributed by atoms with Gasteiger partial charge in [-0.2, -0.15) is 0 Å². The molecule has 7 aromatic rings. The number of hydrogen-bond donors (Lipinski definition) is 2. The fourth-order valence-electron chi connectivity index (χ4n) is 6.95. The SMILES string of the molecule is CB(O)N(c1ccc(C)cc1)c1ccc(-c2ccc(N(c3ccc(C)cc3)c3ccc(-c4ccc(N(B(C)O)c5ccc(C)cc5)cc4)cc3)cc2)cc1. The third-order valence-electron chi connectivity index (χ3n) is 9.87. The highest BCUT2D eigenvalue weighted by molar-refractivity contribution is 6.56. The highest BCUT2D eigenvalue weighted by Crippen LogP contribution is 2.38. The molecular weight excluding hydrogens is 660 g/mol. The van der Waals surface area contributed by atoms with Gasteiger partial charge in [-0.1, -0.05) is 102 Å². The van der Waals surface area contributed by atoms with Gasteiger partial charge in [-0.25, -0.2) is 0 Å². The average molecular weight is 706 g/mol. The molecule has 0 amide bonds. The second kappa shape index (κ2) is 15.9. The normalized spacial score (nSPS) is 10.9. The smallest absolute Gasteiger partial charge is 0.414 e. The minimum absolute atomic E-state index is 0.670. The molecule has 0 fully saturated rings. The van der Waals surface area contributed by atoms with Crippen molar-refractivity contribution in [1.82, 2.24) is 0 Å². The molecule has 0 saturated heterocycles. The summed E-state index contributed by atoms with van der Waals surface area (Å²) < 4.78 is 0. The zero-order chi connectivity index (χ0) is 37.8. The van der Waals surface area contributed by atoms with Gasteiger partial charge in [0.15, 0.2) is 0 Å². The molecular formula is C47H45B2N3O2. The number of hydrogen-bond acceptors (Lipinski definition) is 5. The minimum Gasteiger partial charge on any atom is -0.432 e. The van der Waals surface area contributed by atoms with E-state index in [0.29, 0.717) is 0 Å². The lowest BCUT2D eigenvalue weighted by atomic mass is 9.83. The summed E-state index contributed by atoms with van der Waals surface area (Å²) in [4.78, 5) is 6.15. The van der Waals surface area contributed by atoms with Gasteiger partial charge >= 0.3 is 14.1 Å². The summed E-state index contributed by atoms with van der Waals surface area (Å²) in [5.41, 5.74) is 15.0. The molecule has 0 aliphatic heterocycles.